The van der Waals surface area contributed by atoms with Gasteiger partial charge in [-0.15, -0.1) is 0 Å². The summed E-state index contributed by atoms with van der Waals surface area (Å²) in [4.78, 5) is 20.3. The number of aromatic nitrogens is 4. The van der Waals surface area contributed by atoms with Crippen molar-refractivity contribution in [3.63, 3.8) is 0 Å². The molecule has 0 fully saturated rings. The van der Waals surface area contributed by atoms with Crippen molar-refractivity contribution in [1.29, 1.82) is 0 Å². The predicted octanol–water partition coefficient (Wildman–Crippen LogP) is 10.5. The zero-order valence-corrected chi connectivity index (χ0v) is 24.8. The van der Waals surface area contributed by atoms with Gasteiger partial charge >= 0.3 is 0 Å². The molecule has 0 radical (unpaired) electrons. The number of hydrogen-bond donors (Lipinski definition) is 0. The summed E-state index contributed by atoms with van der Waals surface area (Å²) in [5.74, 6) is 1.43. The van der Waals surface area contributed by atoms with Crippen LogP contribution in [0.2, 0.25) is 0 Å². The van der Waals surface area contributed by atoms with E-state index in [1.807, 2.05) is 24.3 Å². The van der Waals surface area contributed by atoms with Gasteiger partial charge in [0.15, 0.2) is 11.6 Å². The molecule has 0 atom stereocenters. The molecule has 0 spiro atoms. The summed E-state index contributed by atoms with van der Waals surface area (Å²) in [6.07, 6.45) is 0. The Labute approximate surface area is 265 Å². The summed E-state index contributed by atoms with van der Waals surface area (Å²) in [7, 11) is 0. The topological polar surface area (TPSA) is 51.6 Å². The third kappa shape index (κ3) is 4.47. The molecule has 4 heteroatoms. The Morgan fingerprint density at radius 2 is 0.804 bits per heavy atom. The van der Waals surface area contributed by atoms with Gasteiger partial charge in [0, 0.05) is 33.0 Å². The van der Waals surface area contributed by atoms with Gasteiger partial charge in [0.25, 0.3) is 0 Å². The van der Waals surface area contributed by atoms with Crippen LogP contribution >= 0.6 is 0 Å². The van der Waals surface area contributed by atoms with Gasteiger partial charge in [0.2, 0.25) is 0 Å². The maximum atomic E-state index is 5.19. The first-order valence-electron chi connectivity index (χ1n) is 15.4. The van der Waals surface area contributed by atoms with E-state index in [9.17, 15) is 0 Å². The Hall–Kier alpha value is -6.26. The Morgan fingerprint density at radius 1 is 0.304 bits per heavy atom. The second-order valence-electron chi connectivity index (χ2n) is 11.5. The van der Waals surface area contributed by atoms with Crippen molar-refractivity contribution in [2.45, 2.75) is 0 Å². The van der Waals surface area contributed by atoms with E-state index in [0.29, 0.717) is 5.82 Å². The fourth-order valence-electron chi connectivity index (χ4n) is 6.38. The number of rotatable bonds is 4. The van der Waals surface area contributed by atoms with Gasteiger partial charge in [-0.2, -0.15) is 0 Å². The highest BCUT2D eigenvalue weighted by Crippen LogP contribution is 2.35. The number of fused-ring (bicyclic) bond motifs is 4. The lowest BCUT2D eigenvalue weighted by Crippen LogP contribution is -1.97. The van der Waals surface area contributed by atoms with E-state index in [0.717, 1.165) is 66.7 Å². The highest BCUT2D eigenvalue weighted by molar-refractivity contribution is 5.99. The van der Waals surface area contributed by atoms with Gasteiger partial charge in [-0.1, -0.05) is 140 Å². The largest absolute Gasteiger partial charge is 0.228 e. The molecule has 7 aromatic carbocycles. The summed E-state index contributed by atoms with van der Waals surface area (Å²) in [6, 6.07) is 54.5. The fourth-order valence-corrected chi connectivity index (χ4v) is 6.38. The van der Waals surface area contributed by atoms with Crippen molar-refractivity contribution in [2.75, 3.05) is 0 Å². The van der Waals surface area contributed by atoms with E-state index in [2.05, 4.69) is 133 Å². The third-order valence-electron chi connectivity index (χ3n) is 8.68. The zero-order chi connectivity index (χ0) is 30.5. The van der Waals surface area contributed by atoms with E-state index >= 15 is 0 Å². The highest BCUT2D eigenvalue weighted by Gasteiger charge is 2.15. The van der Waals surface area contributed by atoms with Crippen LogP contribution < -0.4 is 0 Å². The molecule has 46 heavy (non-hydrogen) atoms. The fraction of sp³-hybridized carbons (Fsp3) is 0. The Morgan fingerprint density at radius 3 is 1.50 bits per heavy atom. The lowest BCUT2D eigenvalue weighted by atomic mass is 10.00. The molecule has 0 aliphatic carbocycles. The quantitative estimate of drug-likeness (QED) is 0.206. The molecule has 0 N–H and O–H groups in total. The predicted molar refractivity (Wildman–Crippen MR) is 189 cm³/mol. The highest BCUT2D eigenvalue weighted by atomic mass is 14.9. The van der Waals surface area contributed by atoms with Gasteiger partial charge in [-0.3, -0.25) is 0 Å². The van der Waals surface area contributed by atoms with Crippen molar-refractivity contribution in [1.82, 2.24) is 19.9 Å². The molecule has 214 valence electrons. The van der Waals surface area contributed by atoms with Gasteiger partial charge in [0.05, 0.1) is 22.4 Å². The first-order chi connectivity index (χ1) is 22.8. The van der Waals surface area contributed by atoms with Gasteiger partial charge in [-0.25, -0.2) is 19.9 Å². The molecule has 9 rings (SSSR count). The lowest BCUT2D eigenvalue weighted by molar-refractivity contribution is 1.23. The van der Waals surface area contributed by atoms with Crippen LogP contribution in [0.1, 0.15) is 0 Å². The van der Waals surface area contributed by atoms with E-state index in [-0.39, 0.29) is 0 Å². The average molecular weight is 587 g/mol. The molecule has 0 saturated carbocycles. The summed E-state index contributed by atoms with van der Waals surface area (Å²) in [6.45, 7) is 0. The van der Waals surface area contributed by atoms with Crippen LogP contribution in [0, 0.1) is 0 Å². The van der Waals surface area contributed by atoms with Crippen molar-refractivity contribution in [2.24, 2.45) is 0 Å². The molecule has 0 bridgehead atoms. The molecule has 0 aliphatic heterocycles. The summed E-state index contributed by atoms with van der Waals surface area (Å²) < 4.78 is 0. The van der Waals surface area contributed by atoms with E-state index in [1.165, 1.54) is 16.2 Å². The van der Waals surface area contributed by atoms with Crippen LogP contribution in [0.4, 0.5) is 0 Å². The molecule has 0 unspecified atom stereocenters. The van der Waals surface area contributed by atoms with Gasteiger partial charge in [-0.05, 0) is 39.7 Å². The minimum atomic E-state index is 0.713. The maximum absolute atomic E-state index is 5.19. The Bertz CT molecular complexity index is 2580. The summed E-state index contributed by atoms with van der Waals surface area (Å²) >= 11 is 0. The number of para-hydroxylation sites is 2. The van der Waals surface area contributed by atoms with Crippen molar-refractivity contribution < 1.29 is 0 Å². The first-order valence-corrected chi connectivity index (χ1v) is 15.4. The molecule has 0 amide bonds. The van der Waals surface area contributed by atoms with Crippen molar-refractivity contribution in [3.8, 4) is 45.3 Å². The Balaban J connectivity index is 1.18. The number of nitrogens with zero attached hydrogens (tertiary/aromatic N) is 4. The summed E-state index contributed by atoms with van der Waals surface area (Å²) in [5.41, 5.74) is 7.72. The van der Waals surface area contributed by atoms with Crippen LogP contribution in [0.3, 0.4) is 0 Å². The molecule has 2 heterocycles. The second-order valence-corrected chi connectivity index (χ2v) is 11.5. The second kappa shape index (κ2) is 10.7. The lowest BCUT2D eigenvalue weighted by Gasteiger charge is -2.12. The van der Waals surface area contributed by atoms with E-state index in [1.54, 1.807) is 0 Å². The normalized spacial score (nSPS) is 11.5. The molecule has 0 aliphatic rings. The van der Waals surface area contributed by atoms with E-state index in [4.69, 9.17) is 19.9 Å². The minimum Gasteiger partial charge on any atom is -0.228 e. The molecular weight excluding hydrogens is 560 g/mol. The Kier molecular flexibility index (Phi) is 6.10. The van der Waals surface area contributed by atoms with Crippen LogP contribution in [0.25, 0.3) is 88.6 Å². The molecule has 2 aromatic heterocycles. The molecule has 4 nitrogen and oxygen atoms in total. The monoisotopic (exact) mass is 586 g/mol. The van der Waals surface area contributed by atoms with Crippen molar-refractivity contribution in [3.05, 3.63) is 158 Å². The zero-order valence-electron chi connectivity index (χ0n) is 24.8. The van der Waals surface area contributed by atoms with E-state index < -0.39 is 0 Å². The van der Waals surface area contributed by atoms with Crippen molar-refractivity contribution >= 4 is 43.4 Å². The van der Waals surface area contributed by atoms with Crippen LogP contribution in [-0.2, 0) is 0 Å². The van der Waals surface area contributed by atoms with Gasteiger partial charge < -0.3 is 0 Å². The molecular formula is C42H26N4. The number of hydrogen-bond acceptors (Lipinski definition) is 4. The molecule has 9 aromatic rings. The van der Waals surface area contributed by atoms with Crippen LogP contribution in [0.15, 0.2) is 158 Å². The van der Waals surface area contributed by atoms with Crippen LogP contribution in [0.5, 0.6) is 0 Å². The minimum absolute atomic E-state index is 0.713. The average Bonchev–Trinajstić information content (AvgIpc) is 3.13. The summed E-state index contributed by atoms with van der Waals surface area (Å²) in [5, 5.41) is 6.71. The maximum Gasteiger partial charge on any atom is 0.161 e. The molecule has 0 saturated heterocycles. The SMILES string of the molecule is c1ccc2cc(-c3nc(-c4ccc(-c5nc(-c6cccc7ccccc67)nc6ccccc56)cc4)c4ccccc4n3)ccc2c1. The standard InChI is InChI=1S/C42H26N4/c1-2-12-31-26-32(25-20-27(31)10-1)41-43-37-18-7-5-15-35(37)39(45-41)29-21-23-30(24-22-29)40-36-16-6-8-19-38(36)44-42(46-40)34-17-9-13-28-11-3-4-14-33(28)34/h1-26H. The number of benzene rings is 7. The smallest absolute Gasteiger partial charge is 0.161 e. The first kappa shape index (κ1) is 26.2. The van der Waals surface area contributed by atoms with Crippen LogP contribution in [-0.4, -0.2) is 19.9 Å². The van der Waals surface area contributed by atoms with Gasteiger partial charge in [0.1, 0.15) is 0 Å². The third-order valence-corrected chi connectivity index (χ3v) is 8.68.